The largest absolute Gasteiger partial charge is 0.497 e. The first-order valence-electron chi connectivity index (χ1n) is 41.4. The first kappa shape index (κ1) is 93.8. The molecule has 3 aliphatic rings. The Bertz CT molecular complexity index is 5900. The van der Waals surface area contributed by atoms with Crippen LogP contribution >= 0.6 is 46.4 Å². The highest BCUT2D eigenvalue weighted by atomic mass is 35.5. The molecule has 0 unspecified atom stereocenters. The molecule has 664 valence electrons. The highest BCUT2D eigenvalue weighted by Gasteiger charge is 2.23. The van der Waals surface area contributed by atoms with Gasteiger partial charge in [0.2, 0.25) is 0 Å². The van der Waals surface area contributed by atoms with Gasteiger partial charge in [-0.05, 0) is 169 Å². The third-order valence-electron chi connectivity index (χ3n) is 20.9. The molecule has 7 heterocycles. The number of anilines is 8. The van der Waals surface area contributed by atoms with Crippen LogP contribution < -0.4 is 61.5 Å². The monoisotopic (exact) mass is 1810 g/mol. The van der Waals surface area contributed by atoms with Crippen molar-refractivity contribution >= 4 is 139 Å². The van der Waals surface area contributed by atoms with Crippen molar-refractivity contribution in [2.75, 3.05) is 131 Å². The van der Waals surface area contributed by atoms with Gasteiger partial charge in [-0.1, -0.05) is 143 Å². The van der Waals surface area contributed by atoms with E-state index in [9.17, 15) is 19.2 Å². The molecule has 4 amide bonds. The van der Waals surface area contributed by atoms with Gasteiger partial charge in [-0.25, -0.2) is 19.9 Å². The number of carbonyl (C=O) groups is 4. The molecule has 0 saturated carbocycles. The van der Waals surface area contributed by atoms with Crippen LogP contribution in [0, 0.1) is 16.2 Å². The van der Waals surface area contributed by atoms with E-state index in [0.29, 0.717) is 155 Å². The maximum absolute atomic E-state index is 13.0. The maximum atomic E-state index is 13.0. The fraction of sp³-hybridized carbons (Fsp3) is 0.216. The summed E-state index contributed by atoms with van der Waals surface area (Å²) in [6.45, 7) is 7.75. The number of likely N-dealkylation sites (tertiary alicyclic amines) is 2. The van der Waals surface area contributed by atoms with Crippen LogP contribution in [-0.4, -0.2) is 175 Å². The van der Waals surface area contributed by atoms with Crippen molar-refractivity contribution in [1.29, 1.82) is 16.2 Å². The summed E-state index contributed by atoms with van der Waals surface area (Å²) in [6.07, 6.45) is 10.6. The minimum absolute atomic E-state index is 0.293. The second kappa shape index (κ2) is 46.2. The number of nitrogens with zero attached hydrogens (tertiary/aromatic N) is 9. The second-order valence-electron chi connectivity index (χ2n) is 30.1. The minimum Gasteiger partial charge on any atom is -0.497 e. The van der Waals surface area contributed by atoms with Gasteiger partial charge in [0.05, 0.1) is 77.3 Å². The van der Waals surface area contributed by atoms with E-state index in [4.69, 9.17) is 81.6 Å². The number of amidine groups is 4. The molecule has 32 heteroatoms. The average Bonchev–Trinajstić information content (AvgIpc) is 1.43. The quantitative estimate of drug-likeness (QED) is 0.0160. The zero-order valence-corrected chi connectivity index (χ0v) is 75.3. The number of hydrogen-bond acceptors (Lipinski definition) is 21. The predicted molar refractivity (Wildman–Crippen MR) is 516 cm³/mol. The van der Waals surface area contributed by atoms with E-state index >= 15 is 0 Å². The predicted octanol–water partition coefficient (Wildman–Crippen LogP) is 18.9. The molecular weight excluding hydrogens is 1720 g/mol. The zero-order valence-electron chi connectivity index (χ0n) is 72.3. The fourth-order valence-corrected chi connectivity index (χ4v) is 14.0. The summed E-state index contributed by atoms with van der Waals surface area (Å²) in [5, 5.41) is 51.3. The molecule has 0 bridgehead atoms. The van der Waals surface area contributed by atoms with Crippen molar-refractivity contribution in [2.45, 2.75) is 51.9 Å². The SMILES string of the molecule is COc1ccc(NCc2ccc(C(=N)N(C)C)cc2)c(C(=O)Nc2ccc(Cl)cn2)c1.COc1ccc(NCc2ccc(C(=N)N3CCC3)cc2)c(C(=O)Nc2ccc(Cl)cn2)c1.COc1ccc(NCc2ccc(C(=N)N3CCCCC3)cc2)c(C(=O)Nc2ccc(Cl)cn2)c1.COc1ccc(NCc2ccc(C3=NCCN3C)cc2)c(C(=O)Nc2ccc(Cl)cn2)c1. The zero-order chi connectivity index (χ0) is 91.3. The summed E-state index contributed by atoms with van der Waals surface area (Å²) in [4.78, 5) is 80.8. The maximum Gasteiger partial charge on any atom is 0.259 e. The number of carbonyl (C=O) groups excluding carboxylic acids is 4. The molecule has 2 fully saturated rings. The summed E-state index contributed by atoms with van der Waals surface area (Å²) in [5.74, 6) is 5.39. The van der Waals surface area contributed by atoms with Crippen LogP contribution in [0.1, 0.15) is 112 Å². The lowest BCUT2D eigenvalue weighted by atomic mass is 10.1. The van der Waals surface area contributed by atoms with E-state index in [1.165, 1.54) is 31.2 Å². The molecule has 4 aromatic heterocycles. The Labute approximate surface area is 769 Å². The number of piperidine rings is 1. The van der Waals surface area contributed by atoms with Crippen molar-refractivity contribution in [3.8, 4) is 23.0 Å². The molecule has 12 aromatic rings. The Hall–Kier alpha value is -14.3. The van der Waals surface area contributed by atoms with E-state index in [1.54, 1.807) is 124 Å². The van der Waals surface area contributed by atoms with Gasteiger partial charge in [0.1, 0.15) is 69.6 Å². The molecule has 0 radical (unpaired) electrons. The Morgan fingerprint density at radius 2 is 0.651 bits per heavy atom. The summed E-state index contributed by atoms with van der Waals surface area (Å²) in [5.41, 5.74) is 12.5. The van der Waals surface area contributed by atoms with E-state index in [0.717, 1.165) is 109 Å². The molecule has 129 heavy (non-hydrogen) atoms. The summed E-state index contributed by atoms with van der Waals surface area (Å²) in [7, 11) is 12.0. The topological polar surface area (TPSA) is 350 Å². The molecule has 2 saturated heterocycles. The smallest absolute Gasteiger partial charge is 0.259 e. The number of aromatic nitrogens is 4. The number of benzene rings is 8. The number of pyridine rings is 4. The van der Waals surface area contributed by atoms with Gasteiger partial charge >= 0.3 is 0 Å². The highest BCUT2D eigenvalue weighted by molar-refractivity contribution is 6.31. The fourth-order valence-electron chi connectivity index (χ4n) is 13.5. The van der Waals surface area contributed by atoms with E-state index in [1.807, 2.05) is 117 Å². The van der Waals surface area contributed by atoms with Gasteiger partial charge in [-0.15, -0.1) is 0 Å². The lowest BCUT2D eigenvalue weighted by Gasteiger charge is -2.33. The van der Waals surface area contributed by atoms with Crippen molar-refractivity contribution in [2.24, 2.45) is 4.99 Å². The first-order valence-corrected chi connectivity index (χ1v) is 42.9. The molecule has 11 N–H and O–H groups in total. The molecule has 3 aliphatic heterocycles. The third-order valence-corrected chi connectivity index (χ3v) is 21.8. The van der Waals surface area contributed by atoms with Crippen LogP contribution in [0.25, 0.3) is 0 Å². The first-order chi connectivity index (χ1) is 62.5. The van der Waals surface area contributed by atoms with Crippen LogP contribution in [-0.2, 0) is 26.2 Å². The molecular formula is C97H100Cl4N20O8. The Morgan fingerprint density at radius 1 is 0.364 bits per heavy atom. The standard InChI is InChI=1S/C26H28ClN5O2.2C24H24ClN5O2.C23H24ClN5O2/c1-34-21-10-11-23(22(15-21)26(33)31-24-12-9-20(27)17-30-24)29-16-18-5-7-19(8-6-18)25(28)32-13-3-2-4-14-32;1-30-12-11-26-23(30)17-5-3-16(4-6-17)14-27-21-9-8-19(32-2)13-20(21)24(31)29-22-10-7-18(25)15-28-22;1-32-19-8-9-21(20(13-19)24(31)29-22-10-7-18(25)15-28-22)27-14-16-3-5-17(6-4-16)23(26)30-11-2-12-30;1-29(2)22(25)16-6-4-15(5-7-16)13-26-20-10-9-18(31-3)12-19(20)23(30)28-21-11-8-17(24)14-27-21/h5-12,15,17,28-29H,2-4,13-14,16H2,1H3,(H,30,31,33);3-10,13,15,27H,11-12,14H2,1-2H3,(H,28,29,31);3-10,13,15,26-27H,2,11-12,14H2,1H3,(H,28,29,31);4-12,14,25-26H,13H2,1-3H3,(H,27,28,30). The van der Waals surface area contributed by atoms with Crippen LogP contribution in [0.5, 0.6) is 23.0 Å². The number of ether oxygens (including phenoxy) is 4. The Kier molecular flexibility index (Phi) is 33.6. The van der Waals surface area contributed by atoms with Crippen LogP contribution in [0.4, 0.5) is 46.0 Å². The lowest BCUT2D eigenvalue weighted by molar-refractivity contribution is 0.101. The number of likely N-dealkylation sites (N-methyl/N-ethyl adjacent to an activating group) is 1. The van der Waals surface area contributed by atoms with Crippen LogP contribution in [0.2, 0.25) is 20.1 Å². The van der Waals surface area contributed by atoms with Gasteiger partial charge in [-0.3, -0.25) is 40.4 Å². The van der Waals surface area contributed by atoms with Crippen molar-refractivity contribution in [3.63, 3.8) is 0 Å². The second-order valence-corrected chi connectivity index (χ2v) is 31.8. The van der Waals surface area contributed by atoms with E-state index in [-0.39, 0.29) is 23.6 Å². The van der Waals surface area contributed by atoms with Crippen molar-refractivity contribution in [3.05, 3.63) is 330 Å². The molecule has 0 atom stereocenters. The van der Waals surface area contributed by atoms with Crippen LogP contribution in [0.3, 0.4) is 0 Å². The molecule has 0 spiro atoms. The van der Waals surface area contributed by atoms with Gasteiger partial charge < -0.3 is 81.1 Å². The highest BCUT2D eigenvalue weighted by Crippen LogP contribution is 2.31. The molecule has 28 nitrogen and oxygen atoms in total. The number of hydrogen-bond donors (Lipinski definition) is 11. The van der Waals surface area contributed by atoms with E-state index in [2.05, 4.69) is 113 Å². The summed E-state index contributed by atoms with van der Waals surface area (Å²) < 4.78 is 21.2. The van der Waals surface area contributed by atoms with Gasteiger partial charge in [0.25, 0.3) is 23.6 Å². The van der Waals surface area contributed by atoms with E-state index < -0.39 is 0 Å². The number of amides is 4. The van der Waals surface area contributed by atoms with Crippen LogP contribution in [0.15, 0.2) is 248 Å². The van der Waals surface area contributed by atoms with Gasteiger partial charge in [0, 0.05) is 150 Å². The van der Waals surface area contributed by atoms with Gasteiger partial charge in [0.15, 0.2) is 0 Å². The number of methoxy groups -OCH3 is 4. The summed E-state index contributed by atoms with van der Waals surface area (Å²) in [6, 6.07) is 66.5. The molecule has 0 aliphatic carbocycles. The molecule has 8 aromatic carbocycles. The Balaban J connectivity index is 0.000000156. The average molecular weight is 1820 g/mol. The number of aliphatic imine (C=N–C) groups is 1. The van der Waals surface area contributed by atoms with Crippen molar-refractivity contribution < 1.29 is 38.1 Å². The Morgan fingerprint density at radius 3 is 0.899 bits per heavy atom. The van der Waals surface area contributed by atoms with Crippen molar-refractivity contribution in [1.82, 2.24) is 39.5 Å². The minimum atomic E-state index is -0.314. The van der Waals surface area contributed by atoms with Gasteiger partial charge in [-0.2, -0.15) is 0 Å². The third kappa shape index (κ3) is 26.9. The number of halogens is 4. The number of nitrogens with one attached hydrogen (secondary N) is 11. The normalized spacial score (nSPS) is 12.3. The summed E-state index contributed by atoms with van der Waals surface area (Å²) >= 11 is 23.5. The lowest BCUT2D eigenvalue weighted by Crippen LogP contribution is -2.42. The molecule has 15 rings (SSSR count). The number of rotatable bonds is 28.